The summed E-state index contributed by atoms with van der Waals surface area (Å²) in [7, 11) is 0. The third kappa shape index (κ3) is 6.78. The van der Waals surface area contributed by atoms with Gasteiger partial charge in [-0.3, -0.25) is 9.59 Å². The van der Waals surface area contributed by atoms with E-state index in [4.69, 9.17) is 4.74 Å². The summed E-state index contributed by atoms with van der Waals surface area (Å²) in [6.07, 6.45) is 9.27. The number of ketones is 1. The van der Waals surface area contributed by atoms with Crippen molar-refractivity contribution in [3.05, 3.63) is 23.8 Å². The van der Waals surface area contributed by atoms with Gasteiger partial charge in [0.25, 0.3) is 0 Å². The van der Waals surface area contributed by atoms with E-state index in [2.05, 4.69) is 25.2 Å². The van der Waals surface area contributed by atoms with E-state index >= 15 is 0 Å². The van der Waals surface area contributed by atoms with Crippen molar-refractivity contribution < 1.29 is 24.5 Å². The molecule has 0 fully saturated rings. The third-order valence-electron chi connectivity index (χ3n) is 6.53. The number of aliphatic hydroxyl groups is 2. The molecule has 5 nitrogen and oxygen atoms in total. The largest absolute Gasteiger partial charge is 0.461 e. The summed E-state index contributed by atoms with van der Waals surface area (Å²) in [4.78, 5) is 23.6. The zero-order chi connectivity index (χ0) is 21.6. The van der Waals surface area contributed by atoms with Crippen LogP contribution in [0, 0.1) is 23.7 Å². The SMILES string of the molecule is CC[C@H](C)C(=O)O[C@H]1CCC=C2C=C[C@H](C)[C@H](CC[C@@H](O)C[C@@H](O)CC(C)=O)[C@H]21. The number of hydrogen-bond acceptors (Lipinski definition) is 5. The highest BCUT2D eigenvalue weighted by Crippen LogP contribution is 2.44. The molecule has 0 heterocycles. The van der Waals surface area contributed by atoms with E-state index in [0.29, 0.717) is 12.3 Å². The van der Waals surface area contributed by atoms with Crippen LogP contribution in [-0.4, -0.2) is 40.3 Å². The van der Waals surface area contributed by atoms with Gasteiger partial charge in [0, 0.05) is 12.3 Å². The molecule has 0 radical (unpaired) electrons. The second kappa shape index (κ2) is 11.1. The van der Waals surface area contributed by atoms with E-state index in [9.17, 15) is 19.8 Å². The van der Waals surface area contributed by atoms with Gasteiger partial charge < -0.3 is 14.9 Å². The quantitative estimate of drug-likeness (QED) is 0.536. The zero-order valence-corrected chi connectivity index (χ0v) is 18.3. The number of carbonyl (C=O) groups excluding carboxylic acids is 2. The molecule has 0 aromatic heterocycles. The Labute approximate surface area is 175 Å². The molecule has 29 heavy (non-hydrogen) atoms. The molecule has 0 amide bonds. The summed E-state index contributed by atoms with van der Waals surface area (Å²) in [5.74, 6) is 0.483. The molecular weight excluding hydrogens is 368 g/mol. The number of carbonyl (C=O) groups is 2. The Hall–Kier alpha value is -1.46. The van der Waals surface area contributed by atoms with Crippen LogP contribution in [0.15, 0.2) is 23.8 Å². The van der Waals surface area contributed by atoms with E-state index in [1.54, 1.807) is 0 Å². The Morgan fingerprint density at radius 3 is 2.66 bits per heavy atom. The first-order chi connectivity index (χ1) is 13.7. The first kappa shape index (κ1) is 23.8. The van der Waals surface area contributed by atoms with Crippen LogP contribution in [0.4, 0.5) is 0 Å². The summed E-state index contributed by atoms with van der Waals surface area (Å²) in [5, 5.41) is 20.3. The summed E-state index contributed by atoms with van der Waals surface area (Å²) >= 11 is 0. The Morgan fingerprint density at radius 1 is 1.28 bits per heavy atom. The first-order valence-corrected chi connectivity index (χ1v) is 11.2. The lowest BCUT2D eigenvalue weighted by Gasteiger charge is -2.42. The molecule has 2 N–H and O–H groups in total. The van der Waals surface area contributed by atoms with Gasteiger partial charge in [-0.15, -0.1) is 0 Å². The molecule has 0 bridgehead atoms. The van der Waals surface area contributed by atoms with Gasteiger partial charge in [0.05, 0.1) is 18.1 Å². The maximum absolute atomic E-state index is 12.4. The molecule has 0 aliphatic heterocycles. The fourth-order valence-electron chi connectivity index (χ4n) is 4.62. The predicted molar refractivity (Wildman–Crippen MR) is 113 cm³/mol. The van der Waals surface area contributed by atoms with Crippen LogP contribution < -0.4 is 0 Å². The fourth-order valence-corrected chi connectivity index (χ4v) is 4.62. The van der Waals surface area contributed by atoms with Crippen LogP contribution in [0.1, 0.15) is 72.6 Å². The van der Waals surface area contributed by atoms with Crippen molar-refractivity contribution in [2.75, 3.05) is 0 Å². The van der Waals surface area contributed by atoms with E-state index in [0.717, 1.165) is 25.7 Å². The Bertz CT molecular complexity index is 623. The van der Waals surface area contributed by atoms with Crippen molar-refractivity contribution in [3.63, 3.8) is 0 Å². The average Bonchev–Trinajstić information content (AvgIpc) is 2.66. The number of rotatable bonds is 10. The van der Waals surface area contributed by atoms with Crippen LogP contribution >= 0.6 is 0 Å². The first-order valence-electron chi connectivity index (χ1n) is 11.2. The molecule has 7 atom stereocenters. The molecule has 2 aliphatic carbocycles. The molecule has 0 unspecified atom stereocenters. The molecular formula is C24H38O5. The van der Waals surface area contributed by atoms with Gasteiger partial charge in [0.15, 0.2) is 0 Å². The van der Waals surface area contributed by atoms with Gasteiger partial charge in [0.2, 0.25) is 0 Å². The molecule has 2 aliphatic rings. The topological polar surface area (TPSA) is 83.8 Å². The van der Waals surface area contributed by atoms with Gasteiger partial charge in [-0.25, -0.2) is 0 Å². The van der Waals surface area contributed by atoms with Crippen LogP contribution in [0.5, 0.6) is 0 Å². The zero-order valence-electron chi connectivity index (χ0n) is 18.3. The van der Waals surface area contributed by atoms with Gasteiger partial charge in [0.1, 0.15) is 11.9 Å². The van der Waals surface area contributed by atoms with Crippen LogP contribution in [-0.2, 0) is 14.3 Å². The number of allylic oxidation sites excluding steroid dienone is 3. The van der Waals surface area contributed by atoms with Crippen molar-refractivity contribution in [2.24, 2.45) is 23.7 Å². The standard InChI is InChI=1S/C24H38O5/c1-5-15(2)24(28)29-22-8-6-7-18-10-9-16(3)21(23(18)22)12-11-19(26)14-20(27)13-17(4)25/h7,9-10,15-16,19-23,26-27H,5-6,8,11-14H2,1-4H3/t15-,16-,19+,20-,21-,22-,23-/m0/s1. The molecule has 0 aromatic rings. The highest BCUT2D eigenvalue weighted by atomic mass is 16.5. The fraction of sp³-hybridized carbons (Fsp3) is 0.750. The second-order valence-corrected chi connectivity index (χ2v) is 9.00. The summed E-state index contributed by atoms with van der Waals surface area (Å²) < 4.78 is 5.95. The molecule has 0 spiro atoms. The van der Waals surface area contributed by atoms with Gasteiger partial charge in [-0.2, -0.15) is 0 Å². The Morgan fingerprint density at radius 2 is 2.00 bits per heavy atom. The molecule has 0 aromatic carbocycles. The maximum atomic E-state index is 12.4. The molecule has 5 heteroatoms. The van der Waals surface area contributed by atoms with Crippen molar-refractivity contribution >= 4 is 11.8 Å². The third-order valence-corrected chi connectivity index (χ3v) is 6.53. The van der Waals surface area contributed by atoms with E-state index in [1.807, 2.05) is 13.8 Å². The number of aliphatic hydroxyl groups excluding tert-OH is 2. The van der Waals surface area contributed by atoms with E-state index in [-0.39, 0.29) is 48.5 Å². The smallest absolute Gasteiger partial charge is 0.308 e. The molecule has 0 saturated carbocycles. The van der Waals surface area contributed by atoms with Crippen molar-refractivity contribution in [1.29, 1.82) is 0 Å². The second-order valence-electron chi connectivity index (χ2n) is 9.00. The summed E-state index contributed by atoms with van der Waals surface area (Å²) in [6, 6.07) is 0. The number of Topliss-reactive ketones (excluding diaryl/α,β-unsaturated/α-hetero) is 1. The normalized spacial score (nSPS) is 29.4. The maximum Gasteiger partial charge on any atom is 0.308 e. The summed E-state index contributed by atoms with van der Waals surface area (Å²) in [6.45, 7) is 7.53. The minimum Gasteiger partial charge on any atom is -0.461 e. The Balaban J connectivity index is 2.03. The monoisotopic (exact) mass is 406 g/mol. The van der Waals surface area contributed by atoms with E-state index < -0.39 is 12.2 Å². The van der Waals surface area contributed by atoms with Gasteiger partial charge in [-0.05, 0) is 62.9 Å². The van der Waals surface area contributed by atoms with Crippen LogP contribution in [0.25, 0.3) is 0 Å². The number of hydrogen-bond donors (Lipinski definition) is 2. The average molecular weight is 407 g/mol. The lowest BCUT2D eigenvalue weighted by Crippen LogP contribution is -2.40. The minimum atomic E-state index is -0.791. The lowest BCUT2D eigenvalue weighted by molar-refractivity contribution is -0.158. The molecule has 2 rings (SSSR count). The summed E-state index contributed by atoms with van der Waals surface area (Å²) in [5.41, 5.74) is 1.24. The molecule has 0 saturated heterocycles. The van der Waals surface area contributed by atoms with Gasteiger partial charge in [-0.1, -0.05) is 39.0 Å². The highest BCUT2D eigenvalue weighted by molar-refractivity contribution is 5.75. The Kier molecular flexibility index (Phi) is 9.09. The van der Waals surface area contributed by atoms with E-state index in [1.165, 1.54) is 12.5 Å². The molecule has 164 valence electrons. The van der Waals surface area contributed by atoms with Crippen molar-refractivity contribution in [1.82, 2.24) is 0 Å². The van der Waals surface area contributed by atoms with Crippen LogP contribution in [0.3, 0.4) is 0 Å². The number of ether oxygens (including phenoxy) is 1. The predicted octanol–water partition coefficient (Wildman–Crippen LogP) is 3.97. The lowest BCUT2D eigenvalue weighted by atomic mass is 9.66. The number of fused-ring (bicyclic) bond motifs is 1. The van der Waals surface area contributed by atoms with Gasteiger partial charge >= 0.3 is 5.97 Å². The van der Waals surface area contributed by atoms with Crippen molar-refractivity contribution in [3.8, 4) is 0 Å². The van der Waals surface area contributed by atoms with Crippen LogP contribution in [0.2, 0.25) is 0 Å². The minimum absolute atomic E-state index is 0.0707. The number of esters is 1. The van der Waals surface area contributed by atoms with Crippen molar-refractivity contribution in [2.45, 2.75) is 91.0 Å². The highest BCUT2D eigenvalue weighted by Gasteiger charge is 2.40.